The number of hydrogen-bond donors (Lipinski definition) is 1. The van der Waals surface area contributed by atoms with Crippen LogP contribution in [0.3, 0.4) is 0 Å². The van der Waals surface area contributed by atoms with Crippen LogP contribution in [0.2, 0.25) is 0 Å². The molecule has 0 atom stereocenters. The molecule has 0 spiro atoms. The Balaban J connectivity index is 1.76. The molecule has 20 heavy (non-hydrogen) atoms. The highest BCUT2D eigenvalue weighted by Gasteiger charge is 2.34. The normalized spacial score (nSPS) is 21.9. The molecule has 1 saturated heterocycles. The summed E-state index contributed by atoms with van der Waals surface area (Å²) in [6.45, 7) is 7.73. The first-order valence-electron chi connectivity index (χ1n) is 8.05. The van der Waals surface area contributed by atoms with E-state index in [1.807, 2.05) is 11.3 Å². The van der Waals surface area contributed by atoms with Gasteiger partial charge in [0.15, 0.2) is 0 Å². The average molecular weight is 293 g/mol. The van der Waals surface area contributed by atoms with Gasteiger partial charge < -0.3 is 5.73 Å². The molecule has 2 aliphatic rings. The molecule has 0 bridgehead atoms. The van der Waals surface area contributed by atoms with Gasteiger partial charge in [0.25, 0.3) is 0 Å². The first-order valence-corrected chi connectivity index (χ1v) is 8.87. The van der Waals surface area contributed by atoms with Crippen LogP contribution in [-0.2, 0) is 12.1 Å². The number of rotatable bonds is 4. The third-order valence-corrected chi connectivity index (χ3v) is 5.70. The Morgan fingerprint density at radius 3 is 2.40 bits per heavy atom. The summed E-state index contributed by atoms with van der Waals surface area (Å²) in [4.78, 5) is 8.86. The minimum Gasteiger partial charge on any atom is -0.321 e. The van der Waals surface area contributed by atoms with E-state index in [4.69, 9.17) is 10.7 Å². The van der Waals surface area contributed by atoms with E-state index < -0.39 is 0 Å². The zero-order chi connectivity index (χ0) is 14.2. The SMILES string of the molecule is CC(C)(N)c1sc(CN2CCCCCC2)nc1C1CC1. The summed E-state index contributed by atoms with van der Waals surface area (Å²) in [6.07, 6.45) is 8.07. The Kier molecular flexibility index (Phi) is 4.16. The van der Waals surface area contributed by atoms with Crippen molar-refractivity contribution in [2.45, 2.75) is 70.4 Å². The van der Waals surface area contributed by atoms with Gasteiger partial charge in [-0.2, -0.15) is 0 Å². The zero-order valence-electron chi connectivity index (χ0n) is 12.8. The molecule has 112 valence electrons. The van der Waals surface area contributed by atoms with Crippen molar-refractivity contribution in [3.05, 3.63) is 15.6 Å². The van der Waals surface area contributed by atoms with Crippen LogP contribution in [0, 0.1) is 0 Å². The van der Waals surface area contributed by atoms with Gasteiger partial charge in [-0.05, 0) is 52.6 Å². The average Bonchev–Trinajstić information content (AvgIpc) is 3.15. The fourth-order valence-corrected chi connectivity index (χ4v) is 4.23. The van der Waals surface area contributed by atoms with Gasteiger partial charge in [-0.25, -0.2) is 4.98 Å². The Hall–Kier alpha value is -0.450. The van der Waals surface area contributed by atoms with Crippen LogP contribution < -0.4 is 5.73 Å². The van der Waals surface area contributed by atoms with Crippen LogP contribution in [-0.4, -0.2) is 23.0 Å². The Morgan fingerprint density at radius 2 is 1.85 bits per heavy atom. The molecule has 4 heteroatoms. The second kappa shape index (κ2) is 5.74. The second-order valence-electron chi connectivity index (χ2n) is 7.01. The summed E-state index contributed by atoms with van der Waals surface area (Å²) in [6, 6.07) is 0. The van der Waals surface area contributed by atoms with Crippen LogP contribution in [0.1, 0.15) is 73.9 Å². The van der Waals surface area contributed by atoms with Gasteiger partial charge in [-0.3, -0.25) is 4.90 Å². The molecule has 1 aliphatic carbocycles. The number of aromatic nitrogens is 1. The van der Waals surface area contributed by atoms with Crippen LogP contribution in [0.25, 0.3) is 0 Å². The van der Waals surface area contributed by atoms with E-state index in [2.05, 4.69) is 18.7 Å². The van der Waals surface area contributed by atoms with Gasteiger partial charge in [-0.1, -0.05) is 12.8 Å². The highest BCUT2D eigenvalue weighted by Crippen LogP contribution is 2.45. The molecular formula is C16H27N3S. The highest BCUT2D eigenvalue weighted by atomic mass is 32.1. The molecule has 3 rings (SSSR count). The van der Waals surface area contributed by atoms with Crippen molar-refractivity contribution in [1.82, 2.24) is 9.88 Å². The molecule has 1 aromatic rings. The van der Waals surface area contributed by atoms with Crippen molar-refractivity contribution in [2.75, 3.05) is 13.1 Å². The smallest absolute Gasteiger partial charge is 0.107 e. The van der Waals surface area contributed by atoms with E-state index in [-0.39, 0.29) is 5.54 Å². The van der Waals surface area contributed by atoms with Gasteiger partial charge in [0.2, 0.25) is 0 Å². The fourth-order valence-electron chi connectivity index (χ4n) is 3.03. The fraction of sp³-hybridized carbons (Fsp3) is 0.812. The Morgan fingerprint density at radius 1 is 1.20 bits per heavy atom. The summed E-state index contributed by atoms with van der Waals surface area (Å²) >= 11 is 1.86. The lowest BCUT2D eigenvalue weighted by Crippen LogP contribution is -2.28. The largest absolute Gasteiger partial charge is 0.321 e. The maximum Gasteiger partial charge on any atom is 0.107 e. The van der Waals surface area contributed by atoms with Gasteiger partial charge in [0, 0.05) is 16.3 Å². The predicted octanol–water partition coefficient (Wildman–Crippen LogP) is 3.59. The van der Waals surface area contributed by atoms with E-state index in [0.29, 0.717) is 5.92 Å². The van der Waals surface area contributed by atoms with Crippen molar-refractivity contribution in [3.8, 4) is 0 Å². The van der Waals surface area contributed by atoms with E-state index in [9.17, 15) is 0 Å². The van der Waals surface area contributed by atoms with E-state index in [1.165, 1.54) is 67.2 Å². The molecule has 0 unspecified atom stereocenters. The lowest BCUT2D eigenvalue weighted by atomic mass is 10.0. The topological polar surface area (TPSA) is 42.1 Å². The molecule has 1 aromatic heterocycles. The molecule has 2 fully saturated rings. The van der Waals surface area contributed by atoms with E-state index in [1.54, 1.807) is 0 Å². The number of nitrogens with two attached hydrogens (primary N) is 1. The molecule has 1 aliphatic heterocycles. The van der Waals surface area contributed by atoms with Crippen LogP contribution in [0.5, 0.6) is 0 Å². The van der Waals surface area contributed by atoms with Crippen molar-refractivity contribution in [3.63, 3.8) is 0 Å². The van der Waals surface area contributed by atoms with Gasteiger partial charge in [0.1, 0.15) is 5.01 Å². The molecule has 1 saturated carbocycles. The third-order valence-electron chi connectivity index (χ3n) is 4.30. The molecule has 3 nitrogen and oxygen atoms in total. The lowest BCUT2D eigenvalue weighted by molar-refractivity contribution is 0.276. The van der Waals surface area contributed by atoms with E-state index >= 15 is 0 Å². The molecule has 0 amide bonds. The van der Waals surface area contributed by atoms with Gasteiger partial charge in [-0.15, -0.1) is 11.3 Å². The van der Waals surface area contributed by atoms with Crippen LogP contribution in [0.4, 0.5) is 0 Å². The summed E-state index contributed by atoms with van der Waals surface area (Å²) in [5.41, 5.74) is 7.42. The van der Waals surface area contributed by atoms with Crippen LogP contribution >= 0.6 is 11.3 Å². The standard InChI is InChI=1S/C16H27N3S/c1-16(2,17)15-14(12-7-8-12)18-13(20-15)11-19-9-5-3-4-6-10-19/h12H,3-11,17H2,1-2H3. The van der Waals surface area contributed by atoms with Gasteiger partial charge >= 0.3 is 0 Å². The number of likely N-dealkylation sites (tertiary alicyclic amines) is 1. The first kappa shape index (κ1) is 14.5. The van der Waals surface area contributed by atoms with Crippen LogP contribution in [0.15, 0.2) is 0 Å². The van der Waals surface area contributed by atoms with Crippen molar-refractivity contribution in [1.29, 1.82) is 0 Å². The zero-order valence-corrected chi connectivity index (χ0v) is 13.6. The summed E-state index contributed by atoms with van der Waals surface area (Å²) in [5.74, 6) is 0.696. The maximum absolute atomic E-state index is 6.35. The van der Waals surface area contributed by atoms with Crippen molar-refractivity contribution >= 4 is 11.3 Å². The maximum atomic E-state index is 6.35. The number of hydrogen-bond acceptors (Lipinski definition) is 4. The summed E-state index contributed by atoms with van der Waals surface area (Å²) in [7, 11) is 0. The molecule has 0 aromatic carbocycles. The Bertz CT molecular complexity index is 449. The molecule has 0 radical (unpaired) electrons. The molecule has 2 heterocycles. The van der Waals surface area contributed by atoms with Gasteiger partial charge in [0.05, 0.1) is 12.2 Å². The summed E-state index contributed by atoms with van der Waals surface area (Å²) in [5, 5.41) is 1.28. The van der Waals surface area contributed by atoms with Crippen molar-refractivity contribution < 1.29 is 0 Å². The molecular weight excluding hydrogens is 266 g/mol. The quantitative estimate of drug-likeness (QED) is 0.922. The number of nitrogens with zero attached hydrogens (tertiary/aromatic N) is 2. The first-order chi connectivity index (χ1) is 9.54. The lowest BCUT2D eigenvalue weighted by Gasteiger charge is -2.18. The highest BCUT2D eigenvalue weighted by molar-refractivity contribution is 7.11. The monoisotopic (exact) mass is 293 g/mol. The predicted molar refractivity (Wildman–Crippen MR) is 85.0 cm³/mol. The van der Waals surface area contributed by atoms with Crippen molar-refractivity contribution in [2.24, 2.45) is 5.73 Å². The Labute approximate surface area is 126 Å². The minimum atomic E-state index is -0.243. The number of thiazole rings is 1. The third kappa shape index (κ3) is 3.41. The summed E-state index contributed by atoms with van der Waals surface area (Å²) < 4.78 is 0. The second-order valence-corrected chi connectivity index (χ2v) is 8.09. The van der Waals surface area contributed by atoms with E-state index in [0.717, 1.165) is 6.54 Å². The minimum absolute atomic E-state index is 0.243. The molecule has 2 N–H and O–H groups in total.